The number of esters is 5. The van der Waals surface area contributed by atoms with Crippen molar-refractivity contribution < 1.29 is 52.8 Å². The normalized spacial score (nSPS) is 41.1. The fourth-order valence-electron chi connectivity index (χ4n) is 13.2. The number of hydrogen-bond acceptors (Lipinski definition) is 11. The molecule has 10 bridgehead atoms. The standard InChI is InChI=1S/C17H28O2.C16H22O6.C16H26O3/c1-5-16(2,3)15(18)19-17(4)13-7-11-6-12(9-13)10-14(17)8-11;1-4-16(2,3)15(19)20-7-11(17)21-12-8-5-9-10(6-8)14(18)22-13(9)12;1-4-14(2,3)13(17)19-16-8-11-5-12(9-16)7-15(18,6-11)10-16/h11-14H,5-10H2,1-4H3;8-10,12-13H,4-7H2,1-3H3;11-12,18H,4-10H2,1-3H3. The van der Waals surface area contributed by atoms with Crippen LogP contribution in [0, 0.1) is 69.5 Å². The van der Waals surface area contributed by atoms with Gasteiger partial charge in [0, 0.05) is 18.3 Å². The van der Waals surface area contributed by atoms with Crippen LogP contribution in [0.3, 0.4) is 0 Å². The topological polar surface area (TPSA) is 152 Å². The Morgan fingerprint density at radius 1 is 0.683 bits per heavy atom. The van der Waals surface area contributed by atoms with Crippen molar-refractivity contribution in [3.63, 3.8) is 0 Å². The van der Waals surface area contributed by atoms with Gasteiger partial charge in [0.15, 0.2) is 6.61 Å². The summed E-state index contributed by atoms with van der Waals surface area (Å²) in [5, 5.41) is 10.6. The molecule has 0 aromatic heterocycles. The molecule has 11 aliphatic rings. The molecule has 7 unspecified atom stereocenters. The Hall–Kier alpha value is -2.69. The zero-order valence-electron chi connectivity index (χ0n) is 38.4. The van der Waals surface area contributed by atoms with Crippen LogP contribution in [0.5, 0.6) is 0 Å². The van der Waals surface area contributed by atoms with Gasteiger partial charge in [-0.1, -0.05) is 20.8 Å². The lowest BCUT2D eigenvalue weighted by atomic mass is 9.50. The SMILES string of the molecule is CCC(C)(C)C(=O)OC1(C)C2CC3CC(C2)CC1C3.CCC(C)(C)C(=O)OC12CC3CC(CC(O)(C3)C1)C2.CCC(C)(C)C(=O)OCC(=O)OC1C2CC3C(=O)OC1C3C2. The molecule has 0 aromatic carbocycles. The molecular weight excluding hydrogens is 765 g/mol. The molecule has 0 radical (unpaired) electrons. The van der Waals surface area contributed by atoms with Crippen molar-refractivity contribution in [3.8, 4) is 0 Å². The van der Waals surface area contributed by atoms with Gasteiger partial charge in [0.1, 0.15) is 23.4 Å². The zero-order valence-corrected chi connectivity index (χ0v) is 38.4. The van der Waals surface area contributed by atoms with Gasteiger partial charge in [-0.2, -0.15) is 0 Å². The van der Waals surface area contributed by atoms with Crippen molar-refractivity contribution in [1.29, 1.82) is 0 Å². The van der Waals surface area contributed by atoms with Crippen LogP contribution in [0.4, 0.5) is 0 Å². The summed E-state index contributed by atoms with van der Waals surface area (Å²) in [6.45, 7) is 19.3. The number of aliphatic hydroxyl groups is 1. The lowest BCUT2D eigenvalue weighted by Crippen LogP contribution is -2.61. The monoisotopic (exact) mass is 841 g/mol. The molecule has 1 N–H and O–H groups in total. The Morgan fingerprint density at radius 2 is 1.18 bits per heavy atom. The first kappa shape index (κ1) is 45.3. The summed E-state index contributed by atoms with van der Waals surface area (Å²) < 4.78 is 27.9. The fourth-order valence-corrected chi connectivity index (χ4v) is 13.2. The molecule has 0 aromatic rings. The smallest absolute Gasteiger partial charge is 0.344 e. The van der Waals surface area contributed by atoms with E-state index < -0.39 is 28.4 Å². The molecule has 1 aliphatic heterocycles. The van der Waals surface area contributed by atoms with E-state index in [0.29, 0.717) is 36.5 Å². The van der Waals surface area contributed by atoms with Gasteiger partial charge < -0.3 is 28.8 Å². The van der Waals surface area contributed by atoms with Gasteiger partial charge in [-0.3, -0.25) is 19.2 Å². The van der Waals surface area contributed by atoms with Gasteiger partial charge in [-0.05, 0) is 180 Å². The Labute approximate surface area is 358 Å². The third-order valence-electron chi connectivity index (χ3n) is 17.7. The average Bonchev–Trinajstić information content (AvgIpc) is 3.81. The molecule has 0 spiro atoms. The van der Waals surface area contributed by atoms with E-state index >= 15 is 0 Å². The van der Waals surface area contributed by atoms with E-state index in [9.17, 15) is 29.1 Å². The van der Waals surface area contributed by atoms with Gasteiger partial charge in [-0.15, -0.1) is 0 Å². The number of fused-ring (bicyclic) bond motifs is 1. The molecule has 10 saturated carbocycles. The second-order valence-electron chi connectivity index (χ2n) is 23.3. The summed E-state index contributed by atoms with van der Waals surface area (Å²) in [6.07, 6.45) is 15.5. The minimum absolute atomic E-state index is 0.00636. The molecular formula is C49H76O11. The summed E-state index contributed by atoms with van der Waals surface area (Å²) in [6, 6.07) is 0. The summed E-state index contributed by atoms with van der Waals surface area (Å²) in [5.74, 6) is 3.39. The molecule has 11 rings (SSSR count). The van der Waals surface area contributed by atoms with Crippen LogP contribution in [0.15, 0.2) is 0 Å². The maximum atomic E-state index is 12.5. The van der Waals surface area contributed by atoms with E-state index in [-0.39, 0.29) is 71.1 Å². The Morgan fingerprint density at radius 3 is 1.70 bits per heavy atom. The van der Waals surface area contributed by atoms with E-state index in [4.69, 9.17) is 23.7 Å². The largest absolute Gasteiger partial charge is 0.459 e. The van der Waals surface area contributed by atoms with E-state index in [1.807, 2.05) is 41.5 Å². The minimum Gasteiger partial charge on any atom is -0.459 e. The van der Waals surface area contributed by atoms with Gasteiger partial charge in [0.2, 0.25) is 0 Å². The van der Waals surface area contributed by atoms with Crippen LogP contribution < -0.4 is 0 Å². The van der Waals surface area contributed by atoms with Crippen LogP contribution in [0.2, 0.25) is 0 Å². The highest BCUT2D eigenvalue weighted by molar-refractivity contribution is 5.80. The Kier molecular flexibility index (Phi) is 12.2. The molecule has 10 aliphatic carbocycles. The van der Waals surface area contributed by atoms with Gasteiger partial charge in [0.25, 0.3) is 0 Å². The number of carbonyl (C=O) groups is 5. The zero-order chi connectivity index (χ0) is 43.8. The van der Waals surface area contributed by atoms with Crippen LogP contribution >= 0.6 is 0 Å². The van der Waals surface area contributed by atoms with Crippen LogP contribution in [0.1, 0.15) is 172 Å². The van der Waals surface area contributed by atoms with Crippen molar-refractivity contribution in [2.75, 3.05) is 6.61 Å². The number of hydrogen-bond donors (Lipinski definition) is 1. The quantitative estimate of drug-likeness (QED) is 0.157. The Balaban J connectivity index is 0.000000137. The van der Waals surface area contributed by atoms with Crippen molar-refractivity contribution in [1.82, 2.24) is 0 Å². The van der Waals surface area contributed by atoms with Crippen LogP contribution in [-0.2, 0) is 47.7 Å². The molecule has 1 heterocycles. The van der Waals surface area contributed by atoms with Crippen molar-refractivity contribution in [2.24, 2.45) is 69.5 Å². The first-order valence-electron chi connectivity index (χ1n) is 23.7. The molecule has 11 nitrogen and oxygen atoms in total. The van der Waals surface area contributed by atoms with Gasteiger partial charge in [0.05, 0.1) is 27.8 Å². The minimum atomic E-state index is -0.610. The van der Waals surface area contributed by atoms with E-state index in [2.05, 4.69) is 13.8 Å². The van der Waals surface area contributed by atoms with Gasteiger partial charge >= 0.3 is 29.8 Å². The molecule has 1 saturated heterocycles. The molecule has 11 heteroatoms. The summed E-state index contributed by atoms with van der Waals surface area (Å²) in [5.41, 5.74) is -2.44. The van der Waals surface area contributed by atoms with Crippen molar-refractivity contribution >= 4 is 29.8 Å². The predicted octanol–water partition coefficient (Wildman–Crippen LogP) is 8.69. The lowest BCUT2D eigenvalue weighted by molar-refractivity contribution is -0.225. The van der Waals surface area contributed by atoms with Crippen molar-refractivity contribution in [3.05, 3.63) is 0 Å². The van der Waals surface area contributed by atoms with Crippen LogP contribution in [-0.4, -0.2) is 70.6 Å². The fraction of sp³-hybridized carbons (Fsp3) is 0.898. The number of carbonyl (C=O) groups excluding carboxylic acids is 5. The summed E-state index contributed by atoms with van der Waals surface area (Å²) >= 11 is 0. The van der Waals surface area contributed by atoms with E-state index in [0.717, 1.165) is 63.2 Å². The van der Waals surface area contributed by atoms with Crippen molar-refractivity contribution in [2.45, 2.75) is 201 Å². The third-order valence-corrected chi connectivity index (χ3v) is 17.7. The summed E-state index contributed by atoms with van der Waals surface area (Å²) in [4.78, 5) is 60.3. The lowest BCUT2D eigenvalue weighted by Gasteiger charge is -2.59. The highest BCUT2D eigenvalue weighted by Gasteiger charge is 2.64. The molecule has 11 fully saturated rings. The molecule has 0 amide bonds. The number of ether oxygens (including phenoxy) is 5. The molecule has 7 atom stereocenters. The maximum Gasteiger partial charge on any atom is 0.344 e. The van der Waals surface area contributed by atoms with Crippen LogP contribution in [0.25, 0.3) is 0 Å². The first-order chi connectivity index (χ1) is 27.9. The summed E-state index contributed by atoms with van der Waals surface area (Å²) in [7, 11) is 0. The third kappa shape index (κ3) is 8.65. The first-order valence-corrected chi connectivity index (χ1v) is 23.7. The molecule has 60 heavy (non-hydrogen) atoms. The predicted molar refractivity (Wildman–Crippen MR) is 223 cm³/mol. The van der Waals surface area contributed by atoms with Gasteiger partial charge in [-0.25, -0.2) is 4.79 Å². The second-order valence-corrected chi connectivity index (χ2v) is 23.3. The van der Waals surface area contributed by atoms with E-state index in [1.54, 1.807) is 13.8 Å². The average molecular weight is 841 g/mol. The number of rotatable bonds is 11. The maximum absolute atomic E-state index is 12.5. The second kappa shape index (κ2) is 16.1. The highest BCUT2D eigenvalue weighted by atomic mass is 16.6. The Bertz CT molecular complexity index is 1630. The molecule has 338 valence electrons. The highest BCUT2D eigenvalue weighted by Crippen LogP contribution is 2.61. The van der Waals surface area contributed by atoms with E-state index in [1.165, 1.54) is 38.5 Å².